The molecule has 128 valence electrons. The molecular weight excluding hydrogens is 334 g/mol. The van der Waals surface area contributed by atoms with Crippen LogP contribution in [0.25, 0.3) is 11.1 Å². The Morgan fingerprint density at radius 1 is 1.38 bits per heavy atom. The van der Waals surface area contributed by atoms with Crippen LogP contribution in [-0.2, 0) is 4.79 Å². The van der Waals surface area contributed by atoms with Crippen LogP contribution < -0.4 is 5.32 Å². The second kappa shape index (κ2) is 7.09. The average Bonchev–Trinajstić information content (AvgIpc) is 2.97. The SMILES string of the molecule is O=C(O)CCNC(=O)N1CCC(c2nc3cc(Cl)ccc3o2)CC1. The standard InChI is InChI=1S/C16H18ClN3O4/c17-11-1-2-13-12(9-11)19-15(24-13)10-4-7-20(8-5-10)16(23)18-6-3-14(21)22/h1-2,9-10H,3-8H2,(H,18,23)(H,21,22). The van der Waals surface area contributed by atoms with E-state index in [9.17, 15) is 9.59 Å². The molecule has 1 fully saturated rings. The lowest BCUT2D eigenvalue weighted by molar-refractivity contribution is -0.136. The lowest BCUT2D eigenvalue weighted by Gasteiger charge is -2.30. The zero-order chi connectivity index (χ0) is 17.1. The molecule has 2 aromatic rings. The predicted octanol–water partition coefficient (Wildman–Crippen LogP) is 2.84. The average molecular weight is 352 g/mol. The van der Waals surface area contributed by atoms with E-state index in [0.717, 1.165) is 18.4 Å². The molecule has 24 heavy (non-hydrogen) atoms. The molecule has 1 saturated heterocycles. The van der Waals surface area contributed by atoms with Crippen molar-refractivity contribution >= 4 is 34.7 Å². The first-order valence-corrected chi connectivity index (χ1v) is 8.21. The number of rotatable bonds is 4. The molecule has 2 N–H and O–H groups in total. The van der Waals surface area contributed by atoms with Gasteiger partial charge in [-0.15, -0.1) is 0 Å². The molecule has 7 nitrogen and oxygen atoms in total. The van der Waals surface area contributed by atoms with Crippen LogP contribution in [-0.4, -0.2) is 46.6 Å². The number of carbonyl (C=O) groups is 2. The Bertz CT molecular complexity index is 753. The number of likely N-dealkylation sites (tertiary alicyclic amines) is 1. The van der Waals surface area contributed by atoms with Crippen molar-refractivity contribution in [1.82, 2.24) is 15.2 Å². The first-order valence-electron chi connectivity index (χ1n) is 7.83. The summed E-state index contributed by atoms with van der Waals surface area (Å²) >= 11 is 5.96. The Kier molecular flexibility index (Phi) is 4.89. The van der Waals surface area contributed by atoms with Crippen molar-refractivity contribution in [3.8, 4) is 0 Å². The van der Waals surface area contributed by atoms with Gasteiger partial charge in [0.15, 0.2) is 11.5 Å². The van der Waals surface area contributed by atoms with E-state index in [-0.39, 0.29) is 24.9 Å². The van der Waals surface area contributed by atoms with Gasteiger partial charge in [0, 0.05) is 30.6 Å². The maximum Gasteiger partial charge on any atom is 0.317 e. The van der Waals surface area contributed by atoms with Crippen molar-refractivity contribution in [1.29, 1.82) is 0 Å². The van der Waals surface area contributed by atoms with Gasteiger partial charge in [-0.2, -0.15) is 0 Å². The number of aromatic nitrogens is 1. The van der Waals surface area contributed by atoms with Crippen molar-refractivity contribution in [3.05, 3.63) is 29.1 Å². The van der Waals surface area contributed by atoms with Gasteiger partial charge in [0.05, 0.1) is 6.42 Å². The number of carboxylic acids is 1. The number of hydrogen-bond acceptors (Lipinski definition) is 4. The minimum atomic E-state index is -0.926. The molecule has 0 bridgehead atoms. The summed E-state index contributed by atoms with van der Waals surface area (Å²) in [5, 5.41) is 11.8. The molecule has 1 aliphatic heterocycles. The summed E-state index contributed by atoms with van der Waals surface area (Å²) < 4.78 is 5.80. The fourth-order valence-corrected chi connectivity index (χ4v) is 2.98. The highest BCUT2D eigenvalue weighted by Crippen LogP contribution is 2.30. The maximum absolute atomic E-state index is 12.0. The fourth-order valence-electron chi connectivity index (χ4n) is 2.81. The highest BCUT2D eigenvalue weighted by atomic mass is 35.5. The number of piperidine rings is 1. The van der Waals surface area contributed by atoms with Gasteiger partial charge in [0.2, 0.25) is 0 Å². The van der Waals surface area contributed by atoms with Crippen LogP contribution >= 0.6 is 11.6 Å². The van der Waals surface area contributed by atoms with E-state index >= 15 is 0 Å². The molecule has 0 unspecified atom stereocenters. The molecular formula is C16H18ClN3O4. The van der Waals surface area contributed by atoms with E-state index in [1.165, 1.54) is 0 Å². The van der Waals surface area contributed by atoms with Crippen LogP contribution in [0.5, 0.6) is 0 Å². The smallest absolute Gasteiger partial charge is 0.317 e. The van der Waals surface area contributed by atoms with Crippen LogP contribution in [0.3, 0.4) is 0 Å². The van der Waals surface area contributed by atoms with Gasteiger partial charge in [-0.25, -0.2) is 9.78 Å². The summed E-state index contributed by atoms with van der Waals surface area (Å²) in [6.07, 6.45) is 1.44. The van der Waals surface area contributed by atoms with Crippen molar-refractivity contribution in [3.63, 3.8) is 0 Å². The van der Waals surface area contributed by atoms with Gasteiger partial charge < -0.3 is 19.7 Å². The van der Waals surface area contributed by atoms with Crippen molar-refractivity contribution < 1.29 is 19.1 Å². The van der Waals surface area contributed by atoms with Crippen LogP contribution in [0.4, 0.5) is 4.79 Å². The number of carboxylic acid groups (broad SMARTS) is 1. The number of carbonyl (C=O) groups excluding carboxylic acids is 1. The number of amides is 2. The van der Waals surface area contributed by atoms with Crippen LogP contribution in [0.15, 0.2) is 22.6 Å². The lowest BCUT2D eigenvalue weighted by atomic mass is 9.97. The van der Waals surface area contributed by atoms with E-state index in [1.54, 1.807) is 23.1 Å². The summed E-state index contributed by atoms with van der Waals surface area (Å²) in [4.78, 5) is 28.6. The number of oxazole rings is 1. The van der Waals surface area contributed by atoms with Crippen LogP contribution in [0, 0.1) is 0 Å². The zero-order valence-electron chi connectivity index (χ0n) is 13.0. The zero-order valence-corrected chi connectivity index (χ0v) is 13.8. The van der Waals surface area contributed by atoms with Gasteiger partial charge >= 0.3 is 12.0 Å². The van der Waals surface area contributed by atoms with Gasteiger partial charge in [-0.1, -0.05) is 11.6 Å². The van der Waals surface area contributed by atoms with E-state index in [1.807, 2.05) is 0 Å². The molecule has 8 heteroatoms. The van der Waals surface area contributed by atoms with Gasteiger partial charge in [0.25, 0.3) is 0 Å². The number of benzene rings is 1. The Balaban J connectivity index is 1.56. The van der Waals surface area contributed by atoms with Crippen LogP contribution in [0.2, 0.25) is 5.02 Å². The second-order valence-corrected chi connectivity index (χ2v) is 6.24. The van der Waals surface area contributed by atoms with E-state index in [4.69, 9.17) is 21.1 Å². The minimum Gasteiger partial charge on any atom is -0.481 e. The molecule has 0 atom stereocenters. The molecule has 2 amide bonds. The Morgan fingerprint density at radius 2 is 2.12 bits per heavy atom. The number of aliphatic carboxylic acids is 1. The maximum atomic E-state index is 12.0. The fraction of sp³-hybridized carbons (Fsp3) is 0.438. The molecule has 2 heterocycles. The van der Waals surface area contributed by atoms with Crippen molar-refractivity contribution in [2.45, 2.75) is 25.2 Å². The van der Waals surface area contributed by atoms with Gasteiger partial charge in [-0.3, -0.25) is 4.79 Å². The molecule has 3 rings (SSSR count). The number of hydrogen-bond donors (Lipinski definition) is 2. The lowest BCUT2D eigenvalue weighted by Crippen LogP contribution is -2.44. The molecule has 0 radical (unpaired) electrons. The molecule has 1 aromatic carbocycles. The van der Waals surface area contributed by atoms with E-state index in [0.29, 0.717) is 29.6 Å². The molecule has 0 aliphatic carbocycles. The third-order valence-electron chi connectivity index (χ3n) is 4.11. The topological polar surface area (TPSA) is 95.7 Å². The number of nitrogens with zero attached hydrogens (tertiary/aromatic N) is 2. The van der Waals surface area contributed by atoms with Crippen molar-refractivity contribution in [2.75, 3.05) is 19.6 Å². The summed E-state index contributed by atoms with van der Waals surface area (Å²) in [7, 11) is 0. The molecule has 1 aliphatic rings. The summed E-state index contributed by atoms with van der Waals surface area (Å²) in [5.74, 6) is -0.0810. The summed E-state index contributed by atoms with van der Waals surface area (Å²) in [5.41, 5.74) is 1.45. The van der Waals surface area contributed by atoms with Gasteiger partial charge in [0.1, 0.15) is 5.52 Å². The number of nitrogens with one attached hydrogen (secondary N) is 1. The first-order chi connectivity index (χ1) is 11.5. The highest BCUT2D eigenvalue weighted by molar-refractivity contribution is 6.31. The third kappa shape index (κ3) is 3.79. The molecule has 1 aromatic heterocycles. The van der Waals surface area contributed by atoms with Crippen LogP contribution in [0.1, 0.15) is 31.1 Å². The molecule has 0 saturated carbocycles. The normalized spacial score (nSPS) is 15.6. The quantitative estimate of drug-likeness (QED) is 0.883. The third-order valence-corrected chi connectivity index (χ3v) is 4.35. The van der Waals surface area contributed by atoms with Gasteiger partial charge in [-0.05, 0) is 31.0 Å². The Hall–Kier alpha value is -2.28. The van der Waals surface area contributed by atoms with E-state index < -0.39 is 5.97 Å². The Morgan fingerprint density at radius 3 is 2.83 bits per heavy atom. The summed E-state index contributed by atoms with van der Waals surface area (Å²) in [6, 6.07) is 5.12. The first kappa shape index (κ1) is 16.6. The largest absolute Gasteiger partial charge is 0.481 e. The minimum absolute atomic E-state index is 0.0757. The molecule has 0 spiro atoms. The second-order valence-electron chi connectivity index (χ2n) is 5.80. The highest BCUT2D eigenvalue weighted by Gasteiger charge is 2.27. The number of urea groups is 1. The van der Waals surface area contributed by atoms with Crippen molar-refractivity contribution in [2.24, 2.45) is 0 Å². The van der Waals surface area contributed by atoms with E-state index in [2.05, 4.69) is 10.3 Å². The number of halogens is 1. The summed E-state index contributed by atoms with van der Waals surface area (Å²) in [6.45, 7) is 1.31. The predicted molar refractivity (Wildman–Crippen MR) is 88.2 cm³/mol. The monoisotopic (exact) mass is 351 g/mol. The number of fused-ring (bicyclic) bond motifs is 1. The Labute approximate surface area is 143 Å².